The minimum atomic E-state index is -0.646. The first-order valence-electron chi connectivity index (χ1n) is 27.3. The maximum atomic E-state index is 6.85. The molecule has 79 heavy (non-hydrogen) atoms. The van der Waals surface area contributed by atoms with Crippen LogP contribution in [0.5, 0.6) is 11.5 Å². The number of ether oxygens (including phenoxy) is 1. The Morgan fingerprint density at radius 3 is 1.04 bits per heavy atom. The Morgan fingerprint density at radius 1 is 0.253 bits per heavy atom. The van der Waals surface area contributed by atoms with Gasteiger partial charge in [0, 0.05) is 47.6 Å². The van der Waals surface area contributed by atoms with Gasteiger partial charge in [0.15, 0.2) is 0 Å². The second-order valence-electron chi connectivity index (χ2n) is 21.7. The van der Waals surface area contributed by atoms with Gasteiger partial charge in [-0.05, 0) is 150 Å². The molecule has 12 aromatic rings. The second kappa shape index (κ2) is 16.0. The summed E-state index contributed by atoms with van der Waals surface area (Å²) in [5.74, 6) is 1.77. The van der Waals surface area contributed by atoms with Gasteiger partial charge in [-0.2, -0.15) is 0 Å². The van der Waals surface area contributed by atoms with Crippen LogP contribution >= 0.6 is 23.5 Å². The predicted molar refractivity (Wildman–Crippen MR) is 321 cm³/mol. The molecule has 3 aliphatic carbocycles. The molecule has 368 valence electrons. The number of para-hydroxylation sites is 2. The molecule has 0 unspecified atom stereocenters. The number of nitrogens with zero attached hydrogens (tertiary/aromatic N) is 1. The van der Waals surface area contributed by atoms with E-state index in [0.29, 0.717) is 0 Å². The maximum Gasteiger partial charge on any atom is 0.132 e. The van der Waals surface area contributed by atoms with Crippen LogP contribution < -0.4 is 9.64 Å². The Bertz CT molecular complexity index is 4310. The number of benzene rings is 12. The molecule has 6 aliphatic rings. The van der Waals surface area contributed by atoms with Gasteiger partial charge in [0.25, 0.3) is 0 Å². The number of hydrogen-bond donors (Lipinski definition) is 0. The Morgan fingerprint density at radius 2 is 0.582 bits per heavy atom. The molecule has 3 spiro atoms. The van der Waals surface area contributed by atoms with Gasteiger partial charge in [-0.25, -0.2) is 0 Å². The monoisotopic (exact) mass is 1040 g/mol. The second-order valence-corrected chi connectivity index (χ2v) is 23.8. The van der Waals surface area contributed by atoms with Gasteiger partial charge in [0.2, 0.25) is 0 Å². The van der Waals surface area contributed by atoms with Crippen molar-refractivity contribution in [2.24, 2.45) is 0 Å². The Kier molecular flexibility index (Phi) is 8.92. The number of anilines is 3. The fraction of sp³-hybridized carbons (Fsp3) is 0.0400. The van der Waals surface area contributed by atoms with Crippen molar-refractivity contribution in [2.45, 2.75) is 35.8 Å². The van der Waals surface area contributed by atoms with E-state index in [1.807, 2.05) is 23.5 Å². The number of rotatable bonds is 3. The predicted octanol–water partition coefficient (Wildman–Crippen LogP) is 19.3. The van der Waals surface area contributed by atoms with Crippen molar-refractivity contribution in [2.75, 3.05) is 4.90 Å². The third-order valence-corrected chi connectivity index (χ3v) is 20.6. The molecule has 0 saturated carbocycles. The van der Waals surface area contributed by atoms with Crippen molar-refractivity contribution < 1.29 is 4.74 Å². The van der Waals surface area contributed by atoms with Crippen LogP contribution in [-0.2, 0) is 16.2 Å². The molecule has 0 aromatic heterocycles. The number of hydrogen-bond acceptors (Lipinski definition) is 4. The van der Waals surface area contributed by atoms with E-state index in [1.54, 1.807) is 0 Å². The van der Waals surface area contributed by atoms with Crippen molar-refractivity contribution in [3.63, 3.8) is 0 Å². The molecule has 0 saturated heterocycles. The highest BCUT2D eigenvalue weighted by atomic mass is 32.2. The van der Waals surface area contributed by atoms with Gasteiger partial charge in [-0.15, -0.1) is 0 Å². The third kappa shape index (κ3) is 5.46. The lowest BCUT2D eigenvalue weighted by Crippen LogP contribution is -2.32. The van der Waals surface area contributed by atoms with Gasteiger partial charge < -0.3 is 9.64 Å². The fourth-order valence-electron chi connectivity index (χ4n) is 15.5. The van der Waals surface area contributed by atoms with Crippen molar-refractivity contribution in [3.05, 3.63) is 340 Å². The molecule has 18 rings (SSSR count). The molecule has 0 fully saturated rings. The van der Waals surface area contributed by atoms with E-state index in [-0.39, 0.29) is 0 Å². The first-order valence-corrected chi connectivity index (χ1v) is 28.9. The first-order chi connectivity index (χ1) is 39.2. The molecule has 0 N–H and O–H groups in total. The van der Waals surface area contributed by atoms with Gasteiger partial charge in [0.05, 0.1) is 21.9 Å². The summed E-state index contributed by atoms with van der Waals surface area (Å²) in [6.07, 6.45) is 0. The average Bonchev–Trinajstić information content (AvgIpc) is 3.79. The maximum absolute atomic E-state index is 6.85. The van der Waals surface area contributed by atoms with Gasteiger partial charge in [0.1, 0.15) is 11.5 Å². The summed E-state index contributed by atoms with van der Waals surface area (Å²) < 4.78 is 6.85. The minimum Gasteiger partial charge on any atom is -0.457 e. The molecule has 0 bridgehead atoms. The molecule has 3 heterocycles. The van der Waals surface area contributed by atoms with E-state index >= 15 is 0 Å². The van der Waals surface area contributed by atoms with Crippen LogP contribution in [0.3, 0.4) is 0 Å². The standard InChI is InChI=1S/C75H45NOS2/c1-4-23-53-48(20-1)50-42-40-46(44-63(50)74(53)58-28-9-15-36-68(58)78-69-37-16-10-29-59(69)74)76(47-41-43-51-49-21-2-5-24-54(49)75(64(51)45-47)60-30-11-17-38-70(60)79-71-39-18-12-31-61(71)75)65-33-19-32-62-72(65)52-22-3-6-25-55(52)73(62)56-26-7-13-34-66(56)77-67-35-14-8-27-57(67)73/h1-45H. The summed E-state index contributed by atoms with van der Waals surface area (Å²) in [5.41, 5.74) is 24.4. The van der Waals surface area contributed by atoms with E-state index < -0.39 is 16.2 Å². The van der Waals surface area contributed by atoms with E-state index in [9.17, 15) is 0 Å². The summed E-state index contributed by atoms with van der Waals surface area (Å²) in [7, 11) is 0. The largest absolute Gasteiger partial charge is 0.457 e. The van der Waals surface area contributed by atoms with Crippen molar-refractivity contribution in [1.82, 2.24) is 0 Å². The fourth-order valence-corrected chi connectivity index (χ4v) is 17.8. The molecule has 3 aliphatic heterocycles. The highest BCUT2D eigenvalue weighted by Crippen LogP contribution is 2.68. The summed E-state index contributed by atoms with van der Waals surface area (Å²) >= 11 is 3.78. The van der Waals surface area contributed by atoms with E-state index in [2.05, 4.69) is 278 Å². The van der Waals surface area contributed by atoms with Gasteiger partial charge >= 0.3 is 0 Å². The van der Waals surface area contributed by atoms with Crippen LogP contribution in [0.15, 0.2) is 293 Å². The molecule has 0 radical (unpaired) electrons. The van der Waals surface area contributed by atoms with Crippen molar-refractivity contribution >= 4 is 40.6 Å². The van der Waals surface area contributed by atoms with Crippen LogP contribution in [0.2, 0.25) is 0 Å². The Labute approximate surface area is 467 Å². The quantitative estimate of drug-likeness (QED) is 0.175. The highest BCUT2D eigenvalue weighted by Gasteiger charge is 2.55. The Balaban J connectivity index is 0.964. The molecule has 0 amide bonds. The van der Waals surface area contributed by atoms with Crippen LogP contribution in [0.4, 0.5) is 17.1 Å². The van der Waals surface area contributed by atoms with Crippen LogP contribution in [0.1, 0.15) is 66.8 Å². The lowest BCUT2D eigenvalue weighted by Gasteiger charge is -2.41. The molecular formula is C75H45NOS2. The molecule has 2 nitrogen and oxygen atoms in total. The zero-order valence-electron chi connectivity index (χ0n) is 42.7. The van der Waals surface area contributed by atoms with Crippen LogP contribution in [0.25, 0.3) is 33.4 Å². The zero-order valence-corrected chi connectivity index (χ0v) is 44.3. The minimum absolute atomic E-state index is 0.562. The van der Waals surface area contributed by atoms with Crippen LogP contribution in [-0.4, -0.2) is 0 Å². The summed E-state index contributed by atoms with van der Waals surface area (Å²) in [6.45, 7) is 0. The lowest BCUT2D eigenvalue weighted by molar-refractivity contribution is 0.436. The average molecular weight is 1040 g/mol. The molecule has 4 heteroatoms. The molecular weight excluding hydrogens is 995 g/mol. The lowest BCUT2D eigenvalue weighted by atomic mass is 9.66. The molecule has 12 aromatic carbocycles. The SMILES string of the molecule is c1ccc2c(c1)Oc1ccccc1C21c2ccccc2-c2c(N(c3ccc4c(c3)C3(c5ccccc5Sc5ccccc53)c3ccccc3-4)c3ccc4c(c3)C3(c5ccccc5Sc5ccccc53)c3ccccc3-4)cccc21. The summed E-state index contributed by atoms with van der Waals surface area (Å²) in [6, 6.07) is 103. The third-order valence-electron chi connectivity index (χ3n) is 18.3. The normalized spacial score (nSPS) is 15.4. The van der Waals surface area contributed by atoms with Crippen LogP contribution in [0, 0.1) is 0 Å². The Hall–Kier alpha value is -9.06. The van der Waals surface area contributed by atoms with E-state index in [0.717, 1.165) is 39.7 Å². The topological polar surface area (TPSA) is 12.5 Å². The smallest absolute Gasteiger partial charge is 0.132 e. The first kappa shape index (κ1) is 44.0. The molecule has 0 atom stereocenters. The zero-order chi connectivity index (χ0) is 51.6. The number of fused-ring (bicyclic) bond motifs is 27. The summed E-state index contributed by atoms with van der Waals surface area (Å²) in [4.78, 5) is 7.78. The van der Waals surface area contributed by atoms with Crippen molar-refractivity contribution in [3.8, 4) is 44.9 Å². The van der Waals surface area contributed by atoms with Crippen molar-refractivity contribution in [1.29, 1.82) is 0 Å². The van der Waals surface area contributed by atoms with Gasteiger partial charge in [-0.1, -0.05) is 230 Å². The highest BCUT2D eigenvalue weighted by molar-refractivity contribution is 7.99. The van der Waals surface area contributed by atoms with E-state index in [1.165, 1.54) is 109 Å². The van der Waals surface area contributed by atoms with Gasteiger partial charge in [-0.3, -0.25) is 0 Å². The summed E-state index contributed by atoms with van der Waals surface area (Å²) in [5, 5.41) is 0. The van der Waals surface area contributed by atoms with E-state index in [4.69, 9.17) is 4.74 Å².